The number of thioether (sulfide) groups is 1. The first-order valence-electron chi connectivity index (χ1n) is 9.34. The number of carbonyl (C=O) groups is 1. The highest BCUT2D eigenvalue weighted by Crippen LogP contribution is 2.48. The van der Waals surface area contributed by atoms with Crippen molar-refractivity contribution in [2.45, 2.75) is 36.2 Å². The zero-order chi connectivity index (χ0) is 19.4. The number of fused-ring (bicyclic) bond motifs is 2. The van der Waals surface area contributed by atoms with Gasteiger partial charge >= 0.3 is 5.97 Å². The highest BCUT2D eigenvalue weighted by atomic mass is 32.2. The molecule has 3 aromatic rings. The zero-order valence-electron chi connectivity index (χ0n) is 15.0. The summed E-state index contributed by atoms with van der Waals surface area (Å²) in [6, 6.07) is 11.4. The first-order chi connectivity index (χ1) is 13.5. The summed E-state index contributed by atoms with van der Waals surface area (Å²) in [5.41, 5.74) is 2.76. The average molecular weight is 395 g/mol. The summed E-state index contributed by atoms with van der Waals surface area (Å²) < 4.78 is 15.6. The van der Waals surface area contributed by atoms with Crippen LogP contribution >= 0.6 is 11.8 Å². The van der Waals surface area contributed by atoms with Gasteiger partial charge in [0.15, 0.2) is 0 Å². The standard InChI is InChI=1S/C22H18FNO3S/c23-17-8-7-13(15-3-1-2-4-16(15)17)9-14-10-19(25)24-18(22(26)27)11-28-21(24)20(14)12-5-6-12/h1-4,7-8,10,12,18H,5-6,9,11H2,(H,26,27)/t18-/m0/s1. The van der Waals surface area contributed by atoms with Gasteiger partial charge in [0.05, 0.1) is 5.03 Å². The number of aliphatic carboxylic acids is 1. The van der Waals surface area contributed by atoms with Gasteiger partial charge in [-0.05, 0) is 53.3 Å². The van der Waals surface area contributed by atoms with Gasteiger partial charge in [-0.25, -0.2) is 9.18 Å². The lowest BCUT2D eigenvalue weighted by molar-refractivity contribution is -0.140. The third-order valence-corrected chi connectivity index (χ3v) is 6.81. The first-order valence-corrected chi connectivity index (χ1v) is 10.3. The Morgan fingerprint density at radius 3 is 2.61 bits per heavy atom. The monoisotopic (exact) mass is 395 g/mol. The number of hydrogen-bond donors (Lipinski definition) is 1. The largest absolute Gasteiger partial charge is 0.480 e. The van der Waals surface area contributed by atoms with Crippen LogP contribution in [0.2, 0.25) is 0 Å². The smallest absolute Gasteiger partial charge is 0.327 e. The van der Waals surface area contributed by atoms with E-state index in [9.17, 15) is 19.1 Å². The van der Waals surface area contributed by atoms with Crippen molar-refractivity contribution in [3.63, 3.8) is 0 Å². The number of halogens is 1. The second-order valence-corrected chi connectivity index (χ2v) is 8.47. The number of rotatable bonds is 4. The number of aromatic nitrogens is 1. The van der Waals surface area contributed by atoms with Crippen molar-refractivity contribution >= 4 is 28.5 Å². The molecule has 1 fully saturated rings. The van der Waals surface area contributed by atoms with Gasteiger partial charge in [0.1, 0.15) is 11.9 Å². The summed E-state index contributed by atoms with van der Waals surface area (Å²) in [7, 11) is 0. The molecule has 0 radical (unpaired) electrons. The fraction of sp³-hybridized carbons (Fsp3) is 0.273. The Morgan fingerprint density at radius 1 is 1.14 bits per heavy atom. The lowest BCUT2D eigenvalue weighted by Crippen LogP contribution is -2.29. The summed E-state index contributed by atoms with van der Waals surface area (Å²) in [5, 5.41) is 11.7. The van der Waals surface area contributed by atoms with Gasteiger partial charge in [0, 0.05) is 17.2 Å². The molecule has 0 bridgehead atoms. The molecular weight excluding hydrogens is 377 g/mol. The van der Waals surface area contributed by atoms with E-state index in [1.54, 1.807) is 18.2 Å². The molecule has 1 aliphatic carbocycles. The van der Waals surface area contributed by atoms with Crippen molar-refractivity contribution in [2.24, 2.45) is 0 Å². The van der Waals surface area contributed by atoms with E-state index in [-0.39, 0.29) is 11.4 Å². The third-order valence-electron chi connectivity index (χ3n) is 5.63. The average Bonchev–Trinajstić information content (AvgIpc) is 3.41. The molecule has 2 aliphatic rings. The molecule has 28 heavy (non-hydrogen) atoms. The molecule has 5 rings (SSSR count). The van der Waals surface area contributed by atoms with Gasteiger partial charge in [-0.2, -0.15) is 0 Å². The maximum Gasteiger partial charge on any atom is 0.327 e. The van der Waals surface area contributed by atoms with Gasteiger partial charge in [0.2, 0.25) is 0 Å². The van der Waals surface area contributed by atoms with Crippen LogP contribution in [0.15, 0.2) is 52.3 Å². The number of carboxylic acid groups (broad SMARTS) is 1. The predicted octanol–water partition coefficient (Wildman–Crippen LogP) is 4.34. The number of carboxylic acids is 1. The molecule has 4 nitrogen and oxygen atoms in total. The first kappa shape index (κ1) is 17.5. The summed E-state index contributed by atoms with van der Waals surface area (Å²) in [5.74, 6) is -0.459. The number of hydrogen-bond acceptors (Lipinski definition) is 3. The summed E-state index contributed by atoms with van der Waals surface area (Å²) >= 11 is 1.47. The van der Waals surface area contributed by atoms with E-state index in [4.69, 9.17) is 0 Å². The Balaban J connectivity index is 1.67. The molecule has 0 amide bonds. The maximum absolute atomic E-state index is 14.2. The molecule has 0 saturated heterocycles. The molecule has 1 aromatic heterocycles. The predicted molar refractivity (Wildman–Crippen MR) is 107 cm³/mol. The minimum absolute atomic E-state index is 0.254. The molecule has 1 aliphatic heterocycles. The van der Waals surface area contributed by atoms with Crippen LogP contribution in [-0.4, -0.2) is 21.4 Å². The highest BCUT2D eigenvalue weighted by Gasteiger charge is 2.37. The highest BCUT2D eigenvalue weighted by molar-refractivity contribution is 7.99. The lowest BCUT2D eigenvalue weighted by atomic mass is 9.94. The van der Waals surface area contributed by atoms with Crippen molar-refractivity contribution < 1.29 is 14.3 Å². The van der Waals surface area contributed by atoms with Crippen LogP contribution in [0.4, 0.5) is 4.39 Å². The molecule has 2 heterocycles. The van der Waals surface area contributed by atoms with Crippen LogP contribution in [0.1, 0.15) is 41.5 Å². The van der Waals surface area contributed by atoms with E-state index in [1.165, 1.54) is 22.4 Å². The number of benzene rings is 2. The van der Waals surface area contributed by atoms with Gasteiger partial charge < -0.3 is 5.11 Å². The molecule has 0 unspecified atom stereocenters. The Hall–Kier alpha value is -2.60. The van der Waals surface area contributed by atoms with Crippen LogP contribution in [0.25, 0.3) is 10.8 Å². The fourth-order valence-corrected chi connectivity index (χ4v) is 5.58. The molecule has 142 valence electrons. The molecule has 2 aromatic carbocycles. The quantitative estimate of drug-likeness (QED) is 0.714. The fourth-order valence-electron chi connectivity index (χ4n) is 4.16. The second kappa shape index (κ2) is 6.48. The Kier molecular flexibility index (Phi) is 4.05. The summed E-state index contributed by atoms with van der Waals surface area (Å²) in [6.45, 7) is 0. The van der Waals surface area contributed by atoms with Crippen LogP contribution in [0.5, 0.6) is 0 Å². The molecule has 1 N–H and O–H groups in total. The van der Waals surface area contributed by atoms with Crippen LogP contribution in [0.3, 0.4) is 0 Å². The maximum atomic E-state index is 14.2. The van der Waals surface area contributed by atoms with E-state index < -0.39 is 12.0 Å². The lowest BCUT2D eigenvalue weighted by Gasteiger charge is -2.17. The van der Waals surface area contributed by atoms with Crippen molar-refractivity contribution in [2.75, 3.05) is 5.75 Å². The molecule has 1 saturated carbocycles. The van der Waals surface area contributed by atoms with E-state index >= 15 is 0 Å². The van der Waals surface area contributed by atoms with Gasteiger partial charge in [-0.1, -0.05) is 30.3 Å². The Morgan fingerprint density at radius 2 is 1.89 bits per heavy atom. The second-order valence-electron chi connectivity index (χ2n) is 7.46. The Labute approximate surface area is 165 Å². The van der Waals surface area contributed by atoms with Gasteiger partial charge in [-0.3, -0.25) is 9.36 Å². The van der Waals surface area contributed by atoms with Crippen molar-refractivity contribution in [3.05, 3.63) is 75.3 Å². The minimum atomic E-state index is -0.965. The van der Waals surface area contributed by atoms with E-state index in [1.807, 2.05) is 18.2 Å². The van der Waals surface area contributed by atoms with Crippen LogP contribution in [-0.2, 0) is 11.2 Å². The Bertz CT molecular complexity index is 1180. The number of nitrogens with zero attached hydrogens (tertiary/aromatic N) is 1. The van der Waals surface area contributed by atoms with Crippen LogP contribution in [0, 0.1) is 5.82 Å². The molecule has 6 heteroatoms. The number of pyridine rings is 1. The summed E-state index contributed by atoms with van der Waals surface area (Å²) in [6.07, 6.45) is 2.65. The van der Waals surface area contributed by atoms with Crippen LogP contribution < -0.4 is 5.56 Å². The molecule has 0 spiro atoms. The zero-order valence-corrected chi connectivity index (χ0v) is 15.8. The third kappa shape index (κ3) is 2.75. The van der Waals surface area contributed by atoms with Gasteiger partial charge in [0.25, 0.3) is 5.56 Å². The topological polar surface area (TPSA) is 59.3 Å². The molecular formula is C22H18FNO3S. The SMILES string of the molecule is O=C(O)[C@@H]1CSc2c(C3CC3)c(Cc3ccc(F)c4ccccc34)cc(=O)n21. The summed E-state index contributed by atoms with van der Waals surface area (Å²) in [4.78, 5) is 24.3. The van der Waals surface area contributed by atoms with Gasteiger partial charge in [-0.15, -0.1) is 11.8 Å². The van der Waals surface area contributed by atoms with E-state index in [0.29, 0.717) is 23.5 Å². The molecule has 1 atom stereocenters. The van der Waals surface area contributed by atoms with E-state index in [2.05, 4.69) is 0 Å². The van der Waals surface area contributed by atoms with Crippen molar-refractivity contribution in [3.8, 4) is 0 Å². The minimum Gasteiger partial charge on any atom is -0.480 e. The van der Waals surface area contributed by atoms with E-state index in [0.717, 1.165) is 39.9 Å². The van der Waals surface area contributed by atoms with Crippen molar-refractivity contribution in [1.82, 2.24) is 4.57 Å². The van der Waals surface area contributed by atoms with Crippen molar-refractivity contribution in [1.29, 1.82) is 0 Å². The normalized spacial score (nSPS) is 18.4.